The van der Waals surface area contributed by atoms with Gasteiger partial charge in [-0.25, -0.2) is 8.78 Å². The Morgan fingerprint density at radius 1 is 1.12 bits per heavy atom. The van der Waals surface area contributed by atoms with Crippen LogP contribution >= 0.6 is 11.6 Å². The molecule has 0 atom stereocenters. The summed E-state index contributed by atoms with van der Waals surface area (Å²) < 4.78 is 32.4. The van der Waals surface area contributed by atoms with E-state index in [1.165, 1.54) is 31.5 Å². The molecule has 0 fully saturated rings. The van der Waals surface area contributed by atoms with Gasteiger partial charge in [0.05, 0.1) is 35.7 Å². The van der Waals surface area contributed by atoms with Crippen molar-refractivity contribution >= 4 is 34.5 Å². The summed E-state index contributed by atoms with van der Waals surface area (Å²) in [6.07, 6.45) is 1.54. The van der Waals surface area contributed by atoms with E-state index in [4.69, 9.17) is 27.2 Å². The third-order valence-electron chi connectivity index (χ3n) is 4.71. The van der Waals surface area contributed by atoms with E-state index >= 15 is 0 Å². The first-order chi connectivity index (χ1) is 15.8. The molecule has 5 N–H and O–H groups in total. The smallest absolute Gasteiger partial charge is 0.198 e. The molecule has 0 saturated heterocycles. The number of nitrogens with two attached hydrogens (primary N) is 1. The molecule has 6 nitrogen and oxygen atoms in total. The van der Waals surface area contributed by atoms with E-state index in [2.05, 4.69) is 10.6 Å². The average molecular weight is 474 g/mol. The van der Waals surface area contributed by atoms with E-state index in [9.17, 15) is 13.6 Å². The molecule has 0 aliphatic rings. The van der Waals surface area contributed by atoms with Crippen LogP contribution in [0.1, 0.15) is 21.5 Å². The number of ketones is 1. The number of carbonyl (C=O) groups excluding carboxylic acids is 1. The summed E-state index contributed by atoms with van der Waals surface area (Å²) in [4.78, 5) is 13.2. The monoisotopic (exact) mass is 473 g/mol. The van der Waals surface area contributed by atoms with Crippen LogP contribution in [0.2, 0.25) is 5.02 Å². The molecule has 3 aromatic carbocycles. The fourth-order valence-electron chi connectivity index (χ4n) is 3.06. The Balaban J connectivity index is 1.89. The van der Waals surface area contributed by atoms with Gasteiger partial charge in [-0.15, -0.1) is 0 Å². The molecule has 33 heavy (non-hydrogen) atoms. The van der Waals surface area contributed by atoms with Crippen molar-refractivity contribution in [1.29, 1.82) is 0 Å². The number of rotatable bonds is 9. The Bertz CT molecular complexity index is 1200. The molecule has 0 aliphatic carbocycles. The van der Waals surface area contributed by atoms with Gasteiger partial charge in [0, 0.05) is 30.1 Å². The second kappa shape index (κ2) is 10.8. The Morgan fingerprint density at radius 3 is 2.58 bits per heavy atom. The molecule has 0 aliphatic heterocycles. The number of anilines is 2. The zero-order chi connectivity index (χ0) is 24.0. The van der Waals surface area contributed by atoms with Gasteiger partial charge >= 0.3 is 0 Å². The number of aliphatic hydroxyl groups is 1. The van der Waals surface area contributed by atoms with Gasteiger partial charge in [-0.3, -0.25) is 4.79 Å². The van der Waals surface area contributed by atoms with E-state index in [1.54, 1.807) is 24.3 Å². The topological polar surface area (TPSA) is 96.6 Å². The van der Waals surface area contributed by atoms with Gasteiger partial charge in [-0.05, 0) is 54.1 Å². The SMILES string of the molecule is COc1ccc(/C(N)=C/NCCO)cc1C(=O)c1ccc(Nc2ccc(F)cc2F)cc1Cl. The van der Waals surface area contributed by atoms with E-state index < -0.39 is 17.4 Å². The number of hydrogen-bond acceptors (Lipinski definition) is 6. The number of halogens is 3. The van der Waals surface area contributed by atoms with Crippen molar-refractivity contribution in [3.63, 3.8) is 0 Å². The predicted octanol–water partition coefficient (Wildman–Crippen LogP) is 4.44. The lowest BCUT2D eigenvalue weighted by Crippen LogP contribution is -2.14. The van der Waals surface area contributed by atoms with Crippen LogP contribution in [0.3, 0.4) is 0 Å². The van der Waals surface area contributed by atoms with Gasteiger partial charge in [0.1, 0.15) is 17.4 Å². The highest BCUT2D eigenvalue weighted by molar-refractivity contribution is 6.35. The highest BCUT2D eigenvalue weighted by Crippen LogP contribution is 2.30. The largest absolute Gasteiger partial charge is 0.496 e. The molecule has 3 rings (SSSR count). The number of benzene rings is 3. The zero-order valence-corrected chi connectivity index (χ0v) is 18.4. The minimum Gasteiger partial charge on any atom is -0.496 e. The standard InChI is InChI=1S/C24H22ClF2N3O3/c1-33-23-7-2-14(21(28)13-29-8-9-31)10-18(23)24(32)17-5-4-16(12-19(17)25)30-22-6-3-15(26)11-20(22)27/h2-7,10-13,29-31H,8-9,28H2,1H3/b21-13-. The predicted molar refractivity (Wildman–Crippen MR) is 125 cm³/mol. The van der Waals surface area contributed by atoms with Crippen molar-refractivity contribution < 1.29 is 23.4 Å². The van der Waals surface area contributed by atoms with Crippen LogP contribution in [-0.2, 0) is 0 Å². The third kappa shape index (κ3) is 5.79. The molecule has 0 heterocycles. The van der Waals surface area contributed by atoms with Crippen LogP contribution in [0, 0.1) is 11.6 Å². The van der Waals surface area contributed by atoms with Crippen LogP contribution in [0.25, 0.3) is 5.70 Å². The van der Waals surface area contributed by atoms with Gasteiger partial charge < -0.3 is 26.2 Å². The van der Waals surface area contributed by atoms with Crippen molar-refractivity contribution in [3.05, 3.63) is 94.1 Å². The Hall–Kier alpha value is -3.62. The van der Waals surface area contributed by atoms with E-state index in [0.717, 1.165) is 12.1 Å². The summed E-state index contributed by atoms with van der Waals surface area (Å²) in [7, 11) is 1.44. The summed E-state index contributed by atoms with van der Waals surface area (Å²) in [5.41, 5.74) is 7.94. The molecule has 0 saturated carbocycles. The maximum Gasteiger partial charge on any atom is 0.198 e. The van der Waals surface area contributed by atoms with Crippen LogP contribution in [0.5, 0.6) is 5.75 Å². The minimum absolute atomic E-state index is 0.0483. The van der Waals surface area contributed by atoms with Gasteiger partial charge in [-0.1, -0.05) is 11.6 Å². The van der Waals surface area contributed by atoms with Crippen molar-refractivity contribution in [2.24, 2.45) is 5.73 Å². The first-order valence-electron chi connectivity index (χ1n) is 9.88. The van der Waals surface area contributed by atoms with E-state index in [0.29, 0.717) is 29.2 Å². The van der Waals surface area contributed by atoms with Crippen LogP contribution in [0.4, 0.5) is 20.2 Å². The highest BCUT2D eigenvalue weighted by atomic mass is 35.5. The number of methoxy groups -OCH3 is 1. The fraction of sp³-hybridized carbons (Fsp3) is 0.125. The van der Waals surface area contributed by atoms with E-state index in [1.807, 2.05) is 0 Å². The molecule has 0 unspecified atom stereocenters. The number of ether oxygens (including phenoxy) is 1. The maximum absolute atomic E-state index is 13.9. The molecule has 0 radical (unpaired) electrons. The average Bonchev–Trinajstić information content (AvgIpc) is 2.80. The van der Waals surface area contributed by atoms with E-state index in [-0.39, 0.29) is 28.4 Å². The first-order valence-corrected chi connectivity index (χ1v) is 10.3. The molecule has 9 heteroatoms. The lowest BCUT2D eigenvalue weighted by molar-refractivity contribution is 0.103. The van der Waals surface area contributed by atoms with Gasteiger partial charge in [0.15, 0.2) is 5.78 Å². The maximum atomic E-state index is 13.9. The van der Waals surface area contributed by atoms with Crippen molar-refractivity contribution in [3.8, 4) is 5.75 Å². The highest BCUT2D eigenvalue weighted by Gasteiger charge is 2.19. The molecular formula is C24H22ClF2N3O3. The molecule has 172 valence electrons. The number of hydrogen-bond donors (Lipinski definition) is 4. The van der Waals surface area contributed by atoms with Crippen molar-refractivity contribution in [1.82, 2.24) is 5.32 Å². The number of carbonyl (C=O) groups is 1. The number of aliphatic hydroxyl groups excluding tert-OH is 1. The lowest BCUT2D eigenvalue weighted by Gasteiger charge is -2.13. The first kappa shape index (κ1) is 24.0. The Labute approximate surface area is 194 Å². The fourth-order valence-corrected chi connectivity index (χ4v) is 3.33. The van der Waals surface area contributed by atoms with Crippen LogP contribution in [0.15, 0.2) is 60.8 Å². The summed E-state index contributed by atoms with van der Waals surface area (Å²) in [6.45, 7) is 0.285. The lowest BCUT2D eigenvalue weighted by atomic mass is 9.99. The van der Waals surface area contributed by atoms with Gasteiger partial charge in [0.25, 0.3) is 0 Å². The second-order valence-electron chi connectivity index (χ2n) is 6.97. The quantitative estimate of drug-likeness (QED) is 0.271. The number of nitrogens with one attached hydrogen (secondary N) is 2. The third-order valence-corrected chi connectivity index (χ3v) is 5.03. The molecule has 3 aromatic rings. The normalized spacial score (nSPS) is 11.2. The molecular weight excluding hydrogens is 452 g/mol. The summed E-state index contributed by atoms with van der Waals surface area (Å²) in [6, 6.07) is 12.6. The summed E-state index contributed by atoms with van der Waals surface area (Å²) in [5.74, 6) is -1.50. The summed E-state index contributed by atoms with van der Waals surface area (Å²) in [5, 5.41) is 14.7. The Morgan fingerprint density at radius 2 is 1.91 bits per heavy atom. The zero-order valence-electron chi connectivity index (χ0n) is 17.7. The molecule has 0 spiro atoms. The molecule has 0 amide bonds. The molecule has 0 bridgehead atoms. The minimum atomic E-state index is -0.757. The Kier molecular flexibility index (Phi) is 7.87. The molecule has 0 aromatic heterocycles. The van der Waals surface area contributed by atoms with Crippen LogP contribution in [-0.4, -0.2) is 31.2 Å². The summed E-state index contributed by atoms with van der Waals surface area (Å²) >= 11 is 6.36. The van der Waals surface area contributed by atoms with Crippen molar-refractivity contribution in [2.75, 3.05) is 25.6 Å². The van der Waals surface area contributed by atoms with Gasteiger partial charge in [0.2, 0.25) is 0 Å². The van der Waals surface area contributed by atoms with Gasteiger partial charge in [-0.2, -0.15) is 0 Å². The van der Waals surface area contributed by atoms with Crippen molar-refractivity contribution in [2.45, 2.75) is 0 Å². The second-order valence-corrected chi connectivity index (χ2v) is 7.37. The van der Waals surface area contributed by atoms with Crippen LogP contribution < -0.4 is 21.1 Å².